The molecule has 0 saturated carbocycles. The van der Waals surface area contributed by atoms with Gasteiger partial charge in [0.15, 0.2) is 9.84 Å². The van der Waals surface area contributed by atoms with Gasteiger partial charge in [0, 0.05) is 0 Å². The standard InChI is InChI=1S/C15H16O3S/c16-15(13-7-3-1-4-8-13)11-12-19(17,18)14-9-5-2-6-10-14/h1-10,15-16H,11-12H2. The number of hydrogen-bond acceptors (Lipinski definition) is 3. The van der Waals surface area contributed by atoms with E-state index in [2.05, 4.69) is 0 Å². The summed E-state index contributed by atoms with van der Waals surface area (Å²) in [6, 6.07) is 17.4. The van der Waals surface area contributed by atoms with Crippen molar-refractivity contribution in [2.75, 3.05) is 5.75 Å². The first-order valence-electron chi connectivity index (χ1n) is 6.10. The van der Waals surface area contributed by atoms with Gasteiger partial charge in [-0.15, -0.1) is 0 Å². The molecule has 0 aromatic heterocycles. The van der Waals surface area contributed by atoms with Crippen LogP contribution in [0.1, 0.15) is 18.1 Å². The summed E-state index contributed by atoms with van der Waals surface area (Å²) < 4.78 is 24.1. The van der Waals surface area contributed by atoms with E-state index in [-0.39, 0.29) is 12.2 Å². The number of sulfone groups is 1. The number of aliphatic hydroxyl groups is 1. The summed E-state index contributed by atoms with van der Waals surface area (Å²) in [6.07, 6.45) is -0.555. The highest BCUT2D eigenvalue weighted by Gasteiger charge is 2.17. The van der Waals surface area contributed by atoms with Crippen molar-refractivity contribution >= 4 is 9.84 Å². The van der Waals surface area contributed by atoms with Crippen molar-refractivity contribution in [3.63, 3.8) is 0 Å². The zero-order valence-electron chi connectivity index (χ0n) is 10.4. The van der Waals surface area contributed by atoms with Gasteiger partial charge in [0.1, 0.15) is 0 Å². The Hall–Kier alpha value is -1.65. The Balaban J connectivity index is 2.03. The molecule has 0 aliphatic rings. The Labute approximate surface area is 113 Å². The lowest BCUT2D eigenvalue weighted by atomic mass is 10.1. The molecule has 3 nitrogen and oxygen atoms in total. The summed E-state index contributed by atoms with van der Waals surface area (Å²) in [7, 11) is -3.32. The first kappa shape index (κ1) is 13.8. The van der Waals surface area contributed by atoms with Crippen LogP contribution in [0.2, 0.25) is 0 Å². The van der Waals surface area contributed by atoms with Crippen molar-refractivity contribution in [2.24, 2.45) is 0 Å². The summed E-state index contributed by atoms with van der Waals surface area (Å²) in [5.74, 6) is -0.0624. The average Bonchev–Trinajstić information content (AvgIpc) is 2.47. The van der Waals surface area contributed by atoms with Gasteiger partial charge in [0.05, 0.1) is 16.8 Å². The van der Waals surface area contributed by atoms with E-state index >= 15 is 0 Å². The highest BCUT2D eigenvalue weighted by atomic mass is 32.2. The molecule has 2 aromatic rings. The Morgan fingerprint density at radius 3 is 2.00 bits per heavy atom. The molecule has 0 amide bonds. The van der Waals surface area contributed by atoms with Crippen molar-refractivity contribution in [1.82, 2.24) is 0 Å². The highest BCUT2D eigenvalue weighted by molar-refractivity contribution is 7.91. The molecule has 2 aromatic carbocycles. The van der Waals surface area contributed by atoms with Crippen LogP contribution in [0.3, 0.4) is 0 Å². The van der Waals surface area contributed by atoms with Crippen LogP contribution in [0, 0.1) is 0 Å². The van der Waals surface area contributed by atoms with Crippen molar-refractivity contribution in [1.29, 1.82) is 0 Å². The molecule has 0 bridgehead atoms. The van der Waals surface area contributed by atoms with Crippen LogP contribution >= 0.6 is 0 Å². The molecule has 1 atom stereocenters. The van der Waals surface area contributed by atoms with Gasteiger partial charge in [0.25, 0.3) is 0 Å². The molecule has 1 N–H and O–H groups in total. The predicted octanol–water partition coefficient (Wildman–Crippen LogP) is 2.58. The minimum Gasteiger partial charge on any atom is -0.388 e. The minimum absolute atomic E-state index is 0.0624. The van der Waals surface area contributed by atoms with Crippen LogP contribution in [0.4, 0.5) is 0 Å². The van der Waals surface area contributed by atoms with Crippen molar-refractivity contribution in [3.8, 4) is 0 Å². The molecule has 4 heteroatoms. The molecule has 0 heterocycles. The molecule has 0 saturated heterocycles. The number of hydrogen-bond donors (Lipinski definition) is 1. The molecule has 1 unspecified atom stereocenters. The van der Waals surface area contributed by atoms with E-state index in [0.29, 0.717) is 4.90 Å². The van der Waals surface area contributed by atoms with Gasteiger partial charge in [-0.05, 0) is 24.1 Å². The monoisotopic (exact) mass is 276 g/mol. The second kappa shape index (κ2) is 5.99. The van der Waals surface area contributed by atoms with E-state index in [0.717, 1.165) is 5.56 Å². The second-order valence-electron chi connectivity index (χ2n) is 4.35. The first-order valence-corrected chi connectivity index (χ1v) is 7.75. The van der Waals surface area contributed by atoms with Crippen LogP contribution < -0.4 is 0 Å². The smallest absolute Gasteiger partial charge is 0.178 e. The Morgan fingerprint density at radius 1 is 0.895 bits per heavy atom. The molecular weight excluding hydrogens is 260 g/mol. The second-order valence-corrected chi connectivity index (χ2v) is 6.46. The average molecular weight is 276 g/mol. The maximum atomic E-state index is 12.1. The predicted molar refractivity (Wildman–Crippen MR) is 74.5 cm³/mol. The number of rotatable bonds is 5. The molecule has 19 heavy (non-hydrogen) atoms. The Kier molecular flexibility index (Phi) is 4.35. The van der Waals surface area contributed by atoms with Crippen molar-refractivity contribution in [2.45, 2.75) is 17.4 Å². The fraction of sp³-hybridized carbons (Fsp3) is 0.200. The summed E-state index contributed by atoms with van der Waals surface area (Å²) in [5, 5.41) is 9.97. The van der Waals surface area contributed by atoms with E-state index in [1.807, 2.05) is 18.2 Å². The summed E-state index contributed by atoms with van der Waals surface area (Å²) >= 11 is 0. The summed E-state index contributed by atoms with van der Waals surface area (Å²) in [5.41, 5.74) is 0.741. The van der Waals surface area contributed by atoms with Crippen LogP contribution in [0.15, 0.2) is 65.6 Å². The number of benzene rings is 2. The van der Waals surface area contributed by atoms with Gasteiger partial charge in [-0.3, -0.25) is 0 Å². The highest BCUT2D eigenvalue weighted by Crippen LogP contribution is 2.19. The lowest BCUT2D eigenvalue weighted by molar-refractivity contribution is 0.174. The zero-order valence-corrected chi connectivity index (χ0v) is 11.3. The number of aliphatic hydroxyl groups excluding tert-OH is 1. The molecule has 0 fully saturated rings. The molecule has 0 aliphatic carbocycles. The van der Waals surface area contributed by atoms with Crippen LogP contribution in [0.5, 0.6) is 0 Å². The molecule has 0 radical (unpaired) electrons. The Bertz CT molecular complexity index is 606. The third-order valence-corrected chi connectivity index (χ3v) is 4.71. The molecule has 100 valence electrons. The Morgan fingerprint density at radius 2 is 1.42 bits per heavy atom. The van der Waals surface area contributed by atoms with Crippen molar-refractivity contribution in [3.05, 3.63) is 66.2 Å². The van der Waals surface area contributed by atoms with Gasteiger partial charge >= 0.3 is 0 Å². The molecule has 2 rings (SSSR count). The first-order chi connectivity index (χ1) is 9.09. The van der Waals surface area contributed by atoms with Gasteiger partial charge < -0.3 is 5.11 Å². The fourth-order valence-corrected chi connectivity index (χ4v) is 3.20. The van der Waals surface area contributed by atoms with Gasteiger partial charge in [-0.25, -0.2) is 8.42 Å². The van der Waals surface area contributed by atoms with E-state index in [1.165, 1.54) is 0 Å². The van der Waals surface area contributed by atoms with Gasteiger partial charge in [0.2, 0.25) is 0 Å². The van der Waals surface area contributed by atoms with E-state index in [9.17, 15) is 13.5 Å². The lowest BCUT2D eigenvalue weighted by Crippen LogP contribution is -2.10. The van der Waals surface area contributed by atoms with E-state index < -0.39 is 15.9 Å². The van der Waals surface area contributed by atoms with E-state index in [4.69, 9.17) is 0 Å². The van der Waals surface area contributed by atoms with Crippen molar-refractivity contribution < 1.29 is 13.5 Å². The topological polar surface area (TPSA) is 54.4 Å². The fourth-order valence-electron chi connectivity index (χ4n) is 1.85. The SMILES string of the molecule is O=S(=O)(CCC(O)c1ccccc1)c1ccccc1. The molecular formula is C15H16O3S. The van der Waals surface area contributed by atoms with Gasteiger partial charge in [-0.2, -0.15) is 0 Å². The van der Waals surface area contributed by atoms with E-state index in [1.54, 1.807) is 42.5 Å². The van der Waals surface area contributed by atoms with Crippen LogP contribution in [-0.2, 0) is 9.84 Å². The largest absolute Gasteiger partial charge is 0.388 e. The normalized spacial score (nSPS) is 13.1. The van der Waals surface area contributed by atoms with Crippen LogP contribution in [0.25, 0.3) is 0 Å². The maximum absolute atomic E-state index is 12.1. The maximum Gasteiger partial charge on any atom is 0.178 e. The quantitative estimate of drug-likeness (QED) is 0.913. The third-order valence-electron chi connectivity index (χ3n) is 2.95. The van der Waals surface area contributed by atoms with Gasteiger partial charge in [-0.1, -0.05) is 48.5 Å². The molecule has 0 spiro atoms. The molecule has 0 aliphatic heterocycles. The lowest BCUT2D eigenvalue weighted by Gasteiger charge is -2.11. The third kappa shape index (κ3) is 3.66. The minimum atomic E-state index is -3.32. The summed E-state index contributed by atoms with van der Waals surface area (Å²) in [4.78, 5) is 0.301. The van der Waals surface area contributed by atoms with Crippen LogP contribution in [-0.4, -0.2) is 19.3 Å². The zero-order chi connectivity index (χ0) is 13.7. The summed E-state index contributed by atoms with van der Waals surface area (Å²) in [6.45, 7) is 0.